The topological polar surface area (TPSA) is 69.6 Å². The molecule has 0 saturated heterocycles. The number of carbonyl (C=O) groups is 1. The van der Waals surface area contributed by atoms with Crippen molar-refractivity contribution in [2.24, 2.45) is 0 Å². The SMILES string of the molecule is CCCCCCCCCC/C=C\CCCCCCCCCCCCCCCCCCCCCCCC(=O)NC(CO)C(O)CCCCCCCCCCCCCCCCCCCCCCCCCCC. The van der Waals surface area contributed by atoms with Gasteiger partial charge in [0.1, 0.15) is 0 Å². The van der Waals surface area contributed by atoms with E-state index in [-0.39, 0.29) is 12.5 Å². The number of carbonyl (C=O) groups excluding carboxylic acids is 1. The number of hydrogen-bond acceptors (Lipinski definition) is 3. The van der Waals surface area contributed by atoms with Crippen molar-refractivity contribution in [1.29, 1.82) is 0 Å². The van der Waals surface area contributed by atoms with E-state index in [0.29, 0.717) is 12.8 Å². The van der Waals surface area contributed by atoms with Crippen molar-refractivity contribution in [3.63, 3.8) is 0 Å². The second kappa shape index (κ2) is 62.4. The maximum Gasteiger partial charge on any atom is 0.220 e. The van der Waals surface area contributed by atoms with Gasteiger partial charge < -0.3 is 15.5 Å². The summed E-state index contributed by atoms with van der Waals surface area (Å²) in [5.41, 5.74) is 0. The van der Waals surface area contributed by atoms with Crippen molar-refractivity contribution in [1.82, 2.24) is 5.32 Å². The van der Waals surface area contributed by atoms with E-state index in [1.54, 1.807) is 0 Å². The van der Waals surface area contributed by atoms with Gasteiger partial charge in [0.2, 0.25) is 5.91 Å². The largest absolute Gasteiger partial charge is 0.394 e. The molecule has 0 aliphatic carbocycles. The van der Waals surface area contributed by atoms with Crippen LogP contribution in [0.25, 0.3) is 0 Å². The van der Waals surface area contributed by atoms with Gasteiger partial charge in [0.15, 0.2) is 0 Å². The number of rotatable bonds is 62. The number of allylic oxidation sites excluding steroid dienone is 2. The quantitative estimate of drug-likeness (QED) is 0.0420. The third-order valence-corrected chi connectivity index (χ3v) is 15.8. The van der Waals surface area contributed by atoms with Crippen molar-refractivity contribution in [3.05, 3.63) is 12.2 Å². The van der Waals surface area contributed by atoms with E-state index in [1.807, 2.05) is 0 Å². The van der Waals surface area contributed by atoms with Gasteiger partial charge in [-0.15, -0.1) is 0 Å². The van der Waals surface area contributed by atoms with E-state index >= 15 is 0 Å². The third kappa shape index (κ3) is 58.0. The third-order valence-electron chi connectivity index (χ3n) is 15.8. The number of aliphatic hydroxyl groups is 2. The molecule has 0 rings (SSSR count). The van der Waals surface area contributed by atoms with E-state index in [1.165, 1.54) is 334 Å². The molecule has 70 heavy (non-hydrogen) atoms. The van der Waals surface area contributed by atoms with Crippen molar-refractivity contribution in [2.75, 3.05) is 6.61 Å². The maximum atomic E-state index is 12.5. The van der Waals surface area contributed by atoms with E-state index in [2.05, 4.69) is 31.3 Å². The summed E-state index contributed by atoms with van der Waals surface area (Å²) >= 11 is 0. The van der Waals surface area contributed by atoms with Gasteiger partial charge >= 0.3 is 0 Å². The Morgan fingerprint density at radius 1 is 0.329 bits per heavy atom. The van der Waals surface area contributed by atoms with Crippen LogP contribution < -0.4 is 5.32 Å². The van der Waals surface area contributed by atoms with Gasteiger partial charge in [-0.2, -0.15) is 0 Å². The molecule has 4 heteroatoms. The average Bonchev–Trinajstić information content (AvgIpc) is 3.36. The number of hydrogen-bond donors (Lipinski definition) is 3. The molecular weight excluding hydrogens is 855 g/mol. The van der Waals surface area contributed by atoms with Gasteiger partial charge in [0, 0.05) is 6.42 Å². The zero-order valence-corrected chi connectivity index (χ0v) is 48.3. The zero-order valence-electron chi connectivity index (χ0n) is 48.3. The van der Waals surface area contributed by atoms with E-state index in [4.69, 9.17) is 0 Å². The minimum Gasteiger partial charge on any atom is -0.394 e. The predicted molar refractivity (Wildman–Crippen MR) is 313 cm³/mol. The minimum absolute atomic E-state index is 0.0213. The lowest BCUT2D eigenvalue weighted by atomic mass is 10.0. The molecule has 2 unspecified atom stereocenters. The first-order chi connectivity index (χ1) is 34.7. The first-order valence-electron chi connectivity index (χ1n) is 32.9. The molecule has 3 N–H and O–H groups in total. The van der Waals surface area contributed by atoms with Crippen LogP contribution in [0.4, 0.5) is 0 Å². The zero-order chi connectivity index (χ0) is 50.6. The van der Waals surface area contributed by atoms with E-state index in [9.17, 15) is 15.0 Å². The van der Waals surface area contributed by atoms with Crippen LogP contribution in [0.1, 0.15) is 386 Å². The monoisotopic (exact) mass is 986 g/mol. The van der Waals surface area contributed by atoms with Crippen LogP contribution in [-0.4, -0.2) is 34.9 Å². The summed E-state index contributed by atoms with van der Waals surface area (Å²) in [5.74, 6) is -0.0213. The number of nitrogens with one attached hydrogen (secondary N) is 1. The molecule has 4 nitrogen and oxygen atoms in total. The Morgan fingerprint density at radius 3 is 0.786 bits per heavy atom. The lowest BCUT2D eigenvalue weighted by Crippen LogP contribution is -2.45. The molecule has 0 aliphatic heterocycles. The first-order valence-corrected chi connectivity index (χ1v) is 32.9. The second-order valence-electron chi connectivity index (χ2n) is 22.9. The average molecular weight is 987 g/mol. The van der Waals surface area contributed by atoms with Crippen LogP contribution in [0, 0.1) is 0 Å². The second-order valence-corrected chi connectivity index (χ2v) is 22.9. The Morgan fingerprint density at radius 2 is 0.543 bits per heavy atom. The standard InChI is InChI=1S/C66H131NO3/c1-3-5-7-9-11-13-15-17-19-21-23-25-27-29-30-31-32-33-34-35-36-38-40-42-44-46-48-50-52-54-56-58-60-62-66(70)67-64(63-68)65(69)61-59-57-55-53-51-49-47-45-43-41-39-37-28-26-24-22-20-18-16-14-12-10-8-6-4-2/h21,23,64-65,68-69H,3-20,22,24-63H2,1-2H3,(H,67,70)/b23-21-. The molecule has 0 aliphatic rings. The van der Waals surface area contributed by atoms with E-state index in [0.717, 1.165) is 25.7 Å². The van der Waals surface area contributed by atoms with Gasteiger partial charge in [0.05, 0.1) is 18.8 Å². The summed E-state index contributed by atoms with van der Waals surface area (Å²) < 4.78 is 0. The van der Waals surface area contributed by atoms with Gasteiger partial charge in [-0.25, -0.2) is 0 Å². The van der Waals surface area contributed by atoms with Crippen molar-refractivity contribution in [2.45, 2.75) is 398 Å². The number of aliphatic hydroxyl groups excluding tert-OH is 2. The highest BCUT2D eigenvalue weighted by atomic mass is 16.3. The molecule has 0 aromatic carbocycles. The summed E-state index contributed by atoms with van der Waals surface area (Å²) in [6, 6.07) is -0.534. The fraction of sp³-hybridized carbons (Fsp3) is 0.955. The molecule has 1 amide bonds. The van der Waals surface area contributed by atoms with Crippen LogP contribution in [0.15, 0.2) is 12.2 Å². The first kappa shape index (κ1) is 69.1. The number of unbranched alkanes of at least 4 members (excludes halogenated alkanes) is 53. The lowest BCUT2D eigenvalue weighted by Gasteiger charge is -2.22. The molecule has 0 radical (unpaired) electrons. The highest BCUT2D eigenvalue weighted by Crippen LogP contribution is 2.19. The van der Waals surface area contributed by atoms with Gasteiger partial charge in [-0.3, -0.25) is 4.79 Å². The highest BCUT2D eigenvalue weighted by Gasteiger charge is 2.20. The predicted octanol–water partition coefficient (Wildman–Crippen LogP) is 22.0. The smallest absolute Gasteiger partial charge is 0.220 e. The van der Waals surface area contributed by atoms with Gasteiger partial charge in [-0.05, 0) is 38.5 Å². The van der Waals surface area contributed by atoms with Gasteiger partial charge in [0.25, 0.3) is 0 Å². The van der Waals surface area contributed by atoms with Crippen LogP contribution in [-0.2, 0) is 4.79 Å². The van der Waals surface area contributed by atoms with Crippen LogP contribution in [0.2, 0.25) is 0 Å². The summed E-state index contributed by atoms with van der Waals surface area (Å²) in [5, 5.41) is 23.4. The fourth-order valence-corrected chi connectivity index (χ4v) is 10.8. The molecule has 418 valence electrons. The molecule has 0 bridgehead atoms. The molecular formula is C66H131NO3. The Balaban J connectivity index is 3.38. The van der Waals surface area contributed by atoms with Crippen LogP contribution in [0.5, 0.6) is 0 Å². The summed E-state index contributed by atoms with van der Waals surface area (Å²) in [7, 11) is 0. The molecule has 0 aromatic heterocycles. The Bertz CT molecular complexity index is 982. The van der Waals surface area contributed by atoms with Crippen molar-refractivity contribution >= 4 is 5.91 Å². The van der Waals surface area contributed by atoms with Gasteiger partial charge in [-0.1, -0.05) is 353 Å². The molecule has 0 heterocycles. The highest BCUT2D eigenvalue weighted by molar-refractivity contribution is 5.76. The molecule has 2 atom stereocenters. The summed E-state index contributed by atoms with van der Waals surface area (Å²) in [6.45, 7) is 4.41. The Labute approximate surface area is 441 Å². The number of amides is 1. The normalized spacial score (nSPS) is 12.7. The van der Waals surface area contributed by atoms with Crippen LogP contribution in [0.3, 0.4) is 0 Å². The van der Waals surface area contributed by atoms with Crippen molar-refractivity contribution < 1.29 is 15.0 Å². The van der Waals surface area contributed by atoms with Crippen LogP contribution >= 0.6 is 0 Å². The maximum absolute atomic E-state index is 12.5. The lowest BCUT2D eigenvalue weighted by molar-refractivity contribution is -0.123. The van der Waals surface area contributed by atoms with E-state index < -0.39 is 12.1 Å². The fourth-order valence-electron chi connectivity index (χ4n) is 10.8. The summed E-state index contributed by atoms with van der Waals surface area (Å²) in [6.07, 6.45) is 82.5. The Kier molecular flexibility index (Phi) is 61.6. The summed E-state index contributed by atoms with van der Waals surface area (Å²) in [4.78, 5) is 12.5. The minimum atomic E-state index is -0.657. The molecule has 0 saturated carbocycles. The van der Waals surface area contributed by atoms with Crippen molar-refractivity contribution in [3.8, 4) is 0 Å². The Hall–Kier alpha value is -0.870. The molecule has 0 spiro atoms. The molecule has 0 fully saturated rings. The molecule has 0 aromatic rings.